The van der Waals surface area contributed by atoms with Crippen molar-refractivity contribution >= 4 is 51.7 Å². The molecule has 2 saturated carbocycles. The van der Waals surface area contributed by atoms with Crippen LogP contribution in [0.3, 0.4) is 0 Å². The number of hydrogen-bond donors (Lipinski definition) is 2. The zero-order valence-electron chi connectivity index (χ0n) is 34.8. The molecule has 326 valence electrons. The Bertz CT molecular complexity index is 2220. The van der Waals surface area contributed by atoms with Crippen LogP contribution in [0, 0.1) is 22.7 Å². The van der Waals surface area contributed by atoms with E-state index in [4.69, 9.17) is 14.2 Å². The van der Waals surface area contributed by atoms with Gasteiger partial charge in [0.2, 0.25) is 21.8 Å². The molecule has 5 aliphatic rings. The van der Waals surface area contributed by atoms with Gasteiger partial charge in [-0.3, -0.25) is 28.8 Å². The molecule has 4 bridgehead atoms. The van der Waals surface area contributed by atoms with Crippen LogP contribution in [0.5, 0.6) is 0 Å². The number of ketones is 2. The van der Waals surface area contributed by atoms with Crippen molar-refractivity contribution in [2.24, 2.45) is 22.7 Å². The molecular formula is C45H54N4O11S. The number of allylic oxidation sites excluding steroid dienone is 1. The highest BCUT2D eigenvalue weighted by Crippen LogP contribution is 2.57. The van der Waals surface area contributed by atoms with Crippen LogP contribution in [0.25, 0.3) is 6.08 Å². The van der Waals surface area contributed by atoms with Gasteiger partial charge in [0.05, 0.1) is 43.0 Å². The van der Waals surface area contributed by atoms with Gasteiger partial charge in [0.1, 0.15) is 18.8 Å². The lowest BCUT2D eigenvalue weighted by Crippen LogP contribution is -2.50. The van der Waals surface area contributed by atoms with Crippen molar-refractivity contribution in [2.75, 3.05) is 19.8 Å². The third-order valence-electron chi connectivity index (χ3n) is 12.5. The second-order valence-electron chi connectivity index (χ2n) is 17.9. The molecule has 16 heteroatoms. The zero-order valence-corrected chi connectivity index (χ0v) is 35.6. The Labute approximate surface area is 356 Å². The standard InChI is InChI=1S/C45H54N4O11S/c1-5-31-21-45(31,41(53)47-61(56,57)33-16-17-33)22-39(51)37-19-32-24-49(37)40(52)35(44(2,3)4)20-38(50)36(46-42(54)59-26-28-11-7-6-8-12-28)27-58-18-10-15-29-13-9-14-30-23-48(25-34(29)30)43(55)60-32/h5-15,31-33,35-37H,1,16-27H2,2-4H3,(H,46,54)(H,47,53)/b15-10+/t31-,32-,35-,36+,37+,45-/m1/s1. The van der Waals surface area contributed by atoms with Crippen LogP contribution >= 0.6 is 0 Å². The first kappa shape index (κ1) is 43.7. The Balaban J connectivity index is 1.17. The van der Waals surface area contributed by atoms with E-state index in [0.717, 1.165) is 22.3 Å². The number of Topliss-reactive ketones (excluding diaryl/α,β-unsaturated/α-hetero) is 2. The third-order valence-corrected chi connectivity index (χ3v) is 14.3. The lowest BCUT2D eigenvalue weighted by Gasteiger charge is -2.35. The van der Waals surface area contributed by atoms with Crippen LogP contribution in [0.4, 0.5) is 9.59 Å². The molecule has 3 aliphatic heterocycles. The van der Waals surface area contributed by atoms with E-state index in [2.05, 4.69) is 16.6 Å². The highest BCUT2D eigenvalue weighted by molar-refractivity contribution is 7.90. The van der Waals surface area contributed by atoms with Crippen molar-refractivity contribution in [3.05, 3.63) is 89.5 Å². The van der Waals surface area contributed by atoms with Gasteiger partial charge >= 0.3 is 12.2 Å². The molecule has 2 aromatic carbocycles. The number of alkyl carbamates (subject to hydrolysis) is 1. The molecule has 0 unspecified atom stereocenters. The summed E-state index contributed by atoms with van der Waals surface area (Å²) in [6, 6.07) is 12.4. The predicted molar refractivity (Wildman–Crippen MR) is 222 cm³/mol. The molecule has 0 aromatic heterocycles. The minimum absolute atomic E-state index is 0.0396. The summed E-state index contributed by atoms with van der Waals surface area (Å²) >= 11 is 0. The summed E-state index contributed by atoms with van der Waals surface area (Å²) in [6.07, 6.45) is 3.08. The number of hydrogen-bond acceptors (Lipinski definition) is 11. The number of carbonyl (C=O) groups excluding carboxylic acids is 6. The minimum atomic E-state index is -3.92. The van der Waals surface area contributed by atoms with Gasteiger partial charge in [-0.05, 0) is 52.8 Å². The number of carbonyl (C=O) groups is 6. The van der Waals surface area contributed by atoms with Crippen molar-refractivity contribution in [2.45, 2.75) is 102 Å². The van der Waals surface area contributed by atoms with Crippen LogP contribution in [-0.2, 0) is 63.1 Å². The Kier molecular flexibility index (Phi) is 12.6. The van der Waals surface area contributed by atoms with Crippen molar-refractivity contribution < 1.29 is 51.4 Å². The fourth-order valence-corrected chi connectivity index (χ4v) is 9.93. The second kappa shape index (κ2) is 17.6. The summed E-state index contributed by atoms with van der Waals surface area (Å²) in [5, 5.41) is 1.98. The van der Waals surface area contributed by atoms with Crippen LogP contribution in [0.1, 0.15) is 81.5 Å². The zero-order chi connectivity index (χ0) is 43.7. The van der Waals surface area contributed by atoms with E-state index < -0.39 is 91.7 Å². The summed E-state index contributed by atoms with van der Waals surface area (Å²) in [5.41, 5.74) is 1.22. The number of nitrogens with zero attached hydrogens (tertiary/aromatic N) is 2. The number of fused-ring (bicyclic) bond motifs is 3. The summed E-state index contributed by atoms with van der Waals surface area (Å²) < 4.78 is 45.2. The van der Waals surface area contributed by atoms with Gasteiger partial charge in [0, 0.05) is 31.7 Å². The molecule has 7 rings (SSSR count). The average Bonchev–Trinajstić information content (AvgIpc) is 4.11. The first-order valence-corrected chi connectivity index (χ1v) is 22.4. The first-order valence-electron chi connectivity index (χ1n) is 20.8. The van der Waals surface area contributed by atoms with E-state index in [1.807, 2.05) is 42.5 Å². The van der Waals surface area contributed by atoms with E-state index in [9.17, 15) is 37.2 Å². The number of ether oxygens (including phenoxy) is 3. The third kappa shape index (κ3) is 9.91. The Morgan fingerprint density at radius 3 is 2.48 bits per heavy atom. The van der Waals surface area contributed by atoms with E-state index in [0.29, 0.717) is 12.8 Å². The van der Waals surface area contributed by atoms with Crippen molar-refractivity contribution in [1.29, 1.82) is 0 Å². The van der Waals surface area contributed by atoms with Gasteiger partial charge in [0.25, 0.3) is 0 Å². The molecule has 2 aromatic rings. The Hall–Kier alpha value is -5.35. The predicted octanol–water partition coefficient (Wildman–Crippen LogP) is 4.83. The minimum Gasteiger partial charge on any atom is -0.445 e. The number of rotatable bonds is 10. The van der Waals surface area contributed by atoms with Crippen molar-refractivity contribution in [3.8, 4) is 0 Å². The molecule has 1 saturated heterocycles. The molecule has 4 amide bonds. The van der Waals surface area contributed by atoms with Gasteiger partial charge in [-0.15, -0.1) is 6.58 Å². The molecule has 0 spiro atoms. The van der Waals surface area contributed by atoms with Crippen LogP contribution < -0.4 is 10.0 Å². The quantitative estimate of drug-likeness (QED) is 0.311. The van der Waals surface area contributed by atoms with E-state index in [1.165, 1.54) is 11.0 Å². The van der Waals surface area contributed by atoms with Gasteiger partial charge < -0.3 is 24.4 Å². The Morgan fingerprint density at radius 2 is 1.79 bits per heavy atom. The van der Waals surface area contributed by atoms with E-state index in [1.54, 1.807) is 43.9 Å². The fourth-order valence-electron chi connectivity index (χ4n) is 8.55. The summed E-state index contributed by atoms with van der Waals surface area (Å²) in [6.45, 7) is 9.38. The molecule has 2 aliphatic carbocycles. The molecule has 2 N–H and O–H groups in total. The van der Waals surface area contributed by atoms with Crippen molar-refractivity contribution in [3.63, 3.8) is 0 Å². The van der Waals surface area contributed by atoms with Gasteiger partial charge in [-0.2, -0.15) is 0 Å². The largest absolute Gasteiger partial charge is 0.445 e. The lowest BCUT2D eigenvalue weighted by atomic mass is 9.76. The first-order chi connectivity index (χ1) is 29.0. The highest BCUT2D eigenvalue weighted by atomic mass is 32.2. The second-order valence-corrected chi connectivity index (χ2v) is 19.9. The Morgan fingerprint density at radius 1 is 1.03 bits per heavy atom. The highest BCUT2D eigenvalue weighted by Gasteiger charge is 2.61. The van der Waals surface area contributed by atoms with Gasteiger partial charge in [0.15, 0.2) is 11.6 Å². The topological polar surface area (TPSA) is 195 Å². The number of sulfonamides is 1. The van der Waals surface area contributed by atoms with Crippen molar-refractivity contribution in [1.82, 2.24) is 19.8 Å². The molecule has 0 radical (unpaired) electrons. The number of amides is 4. The smallest absolute Gasteiger partial charge is 0.410 e. The summed E-state index contributed by atoms with van der Waals surface area (Å²) in [4.78, 5) is 87.1. The molecule has 3 fully saturated rings. The number of benzene rings is 2. The maximum atomic E-state index is 14.9. The van der Waals surface area contributed by atoms with E-state index >= 15 is 0 Å². The van der Waals surface area contributed by atoms with Crippen LogP contribution in [-0.4, -0.2) is 97.0 Å². The summed E-state index contributed by atoms with van der Waals surface area (Å²) in [7, 11) is -3.92. The SMILES string of the molecule is C=C[C@@H]1C[C@]1(CC(=O)[C@@H]1C[C@@H]2CN1C(=O)[C@H](C(C)(C)C)CC(=O)[C@@H](NC(=O)OCc1ccccc1)COC/C=C/c1cccc3c1CN(C3)C(=O)O2)C(=O)NS(=O)(=O)C1CC1. The van der Waals surface area contributed by atoms with Crippen LogP contribution in [0.2, 0.25) is 0 Å². The molecular weight excluding hydrogens is 805 g/mol. The normalized spacial score (nSPS) is 27.5. The van der Waals surface area contributed by atoms with Crippen LogP contribution in [0.15, 0.2) is 67.3 Å². The molecule has 61 heavy (non-hydrogen) atoms. The van der Waals surface area contributed by atoms with E-state index in [-0.39, 0.29) is 65.1 Å². The molecule has 3 heterocycles. The maximum absolute atomic E-state index is 14.9. The van der Waals surface area contributed by atoms with Gasteiger partial charge in [-0.25, -0.2) is 18.0 Å². The average molecular weight is 859 g/mol. The lowest BCUT2D eigenvalue weighted by molar-refractivity contribution is -0.146. The van der Waals surface area contributed by atoms with Gasteiger partial charge in [-0.1, -0.05) is 87.5 Å². The fraction of sp³-hybridized carbons (Fsp3) is 0.511. The molecule has 6 atom stereocenters. The molecule has 15 nitrogen and oxygen atoms in total. The summed E-state index contributed by atoms with van der Waals surface area (Å²) in [5.74, 6) is -3.84. The monoisotopic (exact) mass is 858 g/mol. The maximum Gasteiger partial charge on any atom is 0.410 e. The number of nitrogens with one attached hydrogen (secondary N) is 2.